The number of amides is 1. The number of nitrogens with zero attached hydrogens (tertiary/aromatic N) is 6. The number of nitriles is 1. The van der Waals surface area contributed by atoms with Crippen LogP contribution in [0.15, 0.2) is 36.8 Å². The van der Waals surface area contributed by atoms with E-state index in [9.17, 15) is 10.1 Å². The number of imidazole rings is 1. The lowest BCUT2D eigenvalue weighted by Gasteiger charge is -2.34. The number of fused-ring (bicyclic) bond motifs is 1. The second-order valence-corrected chi connectivity index (χ2v) is 8.58. The number of carbonyl (C=O) groups excluding carboxylic acids is 1. The molecule has 0 aromatic carbocycles. The molecule has 1 atom stereocenters. The summed E-state index contributed by atoms with van der Waals surface area (Å²) in [5.41, 5.74) is 1.44. The fourth-order valence-corrected chi connectivity index (χ4v) is 3.57. The van der Waals surface area contributed by atoms with Gasteiger partial charge in [0.25, 0.3) is 0 Å². The third-order valence-corrected chi connectivity index (χ3v) is 4.94. The number of likely N-dealkylation sites (tertiary alicyclic amines) is 1. The van der Waals surface area contributed by atoms with Crippen LogP contribution in [0.4, 0.5) is 10.6 Å². The van der Waals surface area contributed by atoms with Crippen LogP contribution >= 0.6 is 0 Å². The number of carbonyl (C=O) groups is 1. The smallest absolute Gasteiger partial charge is 0.410 e. The van der Waals surface area contributed by atoms with Crippen LogP contribution in [-0.2, 0) is 4.74 Å². The maximum Gasteiger partial charge on any atom is 0.410 e. The number of piperidine rings is 1. The molecule has 1 amide bonds. The van der Waals surface area contributed by atoms with Crippen LogP contribution in [0.5, 0.6) is 0 Å². The lowest BCUT2D eigenvalue weighted by Crippen LogP contribution is -2.47. The number of hydrogen-bond acceptors (Lipinski definition) is 7. The summed E-state index contributed by atoms with van der Waals surface area (Å²) >= 11 is 0. The van der Waals surface area contributed by atoms with Crippen LogP contribution in [0.2, 0.25) is 0 Å². The standard InChI is InChI=1S/C22H25N7O2/c1-22(2,3)31-21(30)28-10-4-5-16(14-28)26-18-8-9-24-20(27-18)17-12-25-19-7-6-15(11-23)13-29(17)19/h6-9,12-13,16H,4-5,10,14H2,1-3H3,(H,24,26,27)/t16-/m0/s1. The van der Waals surface area contributed by atoms with E-state index in [-0.39, 0.29) is 12.1 Å². The second kappa shape index (κ2) is 8.22. The molecule has 0 radical (unpaired) electrons. The van der Waals surface area contributed by atoms with Gasteiger partial charge < -0.3 is 15.0 Å². The molecular weight excluding hydrogens is 394 g/mol. The summed E-state index contributed by atoms with van der Waals surface area (Å²) in [4.78, 5) is 27.6. The zero-order valence-electron chi connectivity index (χ0n) is 17.9. The summed E-state index contributed by atoms with van der Waals surface area (Å²) in [6, 6.07) is 7.52. The minimum absolute atomic E-state index is 0.0661. The van der Waals surface area contributed by atoms with Gasteiger partial charge in [0.1, 0.15) is 28.8 Å². The molecule has 1 N–H and O–H groups in total. The molecule has 31 heavy (non-hydrogen) atoms. The highest BCUT2D eigenvalue weighted by Gasteiger charge is 2.27. The van der Waals surface area contributed by atoms with E-state index in [1.54, 1.807) is 41.7 Å². The highest BCUT2D eigenvalue weighted by Crippen LogP contribution is 2.21. The van der Waals surface area contributed by atoms with E-state index in [0.717, 1.165) is 18.5 Å². The van der Waals surface area contributed by atoms with E-state index in [2.05, 4.69) is 26.3 Å². The average molecular weight is 419 g/mol. The predicted molar refractivity (Wildman–Crippen MR) is 115 cm³/mol. The van der Waals surface area contributed by atoms with E-state index < -0.39 is 5.60 Å². The fourth-order valence-electron chi connectivity index (χ4n) is 3.57. The highest BCUT2D eigenvalue weighted by atomic mass is 16.6. The third kappa shape index (κ3) is 4.74. The van der Waals surface area contributed by atoms with Crippen molar-refractivity contribution in [3.8, 4) is 17.6 Å². The van der Waals surface area contributed by atoms with Crippen molar-refractivity contribution in [3.63, 3.8) is 0 Å². The molecule has 0 saturated carbocycles. The summed E-state index contributed by atoms with van der Waals surface area (Å²) in [5, 5.41) is 12.6. The van der Waals surface area contributed by atoms with E-state index in [1.165, 1.54) is 0 Å². The molecule has 0 spiro atoms. The molecule has 3 aromatic heterocycles. The Balaban J connectivity index is 1.51. The Hall–Kier alpha value is -3.67. The number of nitrogens with one attached hydrogen (secondary N) is 1. The normalized spacial score (nSPS) is 16.7. The van der Waals surface area contributed by atoms with E-state index in [4.69, 9.17) is 4.74 Å². The van der Waals surface area contributed by atoms with Gasteiger partial charge >= 0.3 is 6.09 Å². The lowest BCUT2D eigenvalue weighted by molar-refractivity contribution is 0.0206. The molecule has 0 unspecified atom stereocenters. The SMILES string of the molecule is CC(C)(C)OC(=O)N1CCC[C@H](Nc2ccnc(-c3cnc4ccc(C#N)cn34)n2)C1. The van der Waals surface area contributed by atoms with Gasteiger partial charge in [-0.15, -0.1) is 0 Å². The molecule has 3 aromatic rings. The summed E-state index contributed by atoms with van der Waals surface area (Å²) in [5.74, 6) is 1.18. The Labute approximate surface area is 180 Å². The van der Waals surface area contributed by atoms with Gasteiger partial charge in [-0.25, -0.2) is 19.7 Å². The van der Waals surface area contributed by atoms with Gasteiger partial charge in [0.2, 0.25) is 0 Å². The van der Waals surface area contributed by atoms with Crippen LogP contribution in [0, 0.1) is 11.3 Å². The molecule has 4 rings (SSSR count). The summed E-state index contributed by atoms with van der Waals surface area (Å²) in [7, 11) is 0. The van der Waals surface area contributed by atoms with Gasteiger partial charge in [-0.05, 0) is 51.8 Å². The first-order valence-corrected chi connectivity index (χ1v) is 10.3. The monoisotopic (exact) mass is 419 g/mol. The Morgan fingerprint density at radius 3 is 2.90 bits per heavy atom. The van der Waals surface area contributed by atoms with Crippen molar-refractivity contribution in [2.24, 2.45) is 0 Å². The molecule has 1 aliphatic heterocycles. The maximum atomic E-state index is 12.4. The van der Waals surface area contributed by atoms with Crippen LogP contribution in [-0.4, -0.2) is 55.1 Å². The number of hydrogen-bond donors (Lipinski definition) is 1. The molecule has 1 aliphatic rings. The molecule has 1 saturated heterocycles. The molecule has 9 heteroatoms. The predicted octanol–water partition coefficient (Wildman–Crippen LogP) is 3.47. The molecular formula is C22H25N7O2. The van der Waals surface area contributed by atoms with Gasteiger partial charge in [-0.1, -0.05) is 0 Å². The summed E-state index contributed by atoms with van der Waals surface area (Å²) in [6.07, 6.45) is 6.63. The third-order valence-electron chi connectivity index (χ3n) is 4.94. The van der Waals surface area contributed by atoms with Gasteiger partial charge in [0.15, 0.2) is 5.82 Å². The van der Waals surface area contributed by atoms with Crippen molar-refractivity contribution in [1.29, 1.82) is 5.26 Å². The minimum atomic E-state index is -0.515. The first-order valence-electron chi connectivity index (χ1n) is 10.3. The zero-order chi connectivity index (χ0) is 22.0. The molecule has 9 nitrogen and oxygen atoms in total. The lowest BCUT2D eigenvalue weighted by atomic mass is 10.1. The highest BCUT2D eigenvalue weighted by molar-refractivity contribution is 5.68. The molecule has 4 heterocycles. The Bertz CT molecular complexity index is 1140. The fraction of sp³-hybridized carbons (Fsp3) is 0.409. The molecule has 0 bridgehead atoms. The molecule has 0 aliphatic carbocycles. The van der Waals surface area contributed by atoms with Gasteiger partial charge in [-0.3, -0.25) is 4.40 Å². The van der Waals surface area contributed by atoms with Gasteiger partial charge in [-0.2, -0.15) is 5.26 Å². The zero-order valence-corrected chi connectivity index (χ0v) is 17.9. The van der Waals surface area contributed by atoms with E-state index >= 15 is 0 Å². The summed E-state index contributed by atoms with van der Waals surface area (Å²) < 4.78 is 7.31. The Morgan fingerprint density at radius 2 is 2.13 bits per heavy atom. The molecule has 160 valence electrons. The van der Waals surface area contributed by atoms with Crippen LogP contribution < -0.4 is 5.32 Å². The number of pyridine rings is 1. The topological polar surface area (TPSA) is 108 Å². The van der Waals surface area contributed by atoms with Crippen molar-refractivity contribution in [3.05, 3.63) is 42.4 Å². The number of aromatic nitrogens is 4. The first-order chi connectivity index (χ1) is 14.8. The Morgan fingerprint density at radius 1 is 1.29 bits per heavy atom. The van der Waals surface area contributed by atoms with Crippen LogP contribution in [0.3, 0.4) is 0 Å². The van der Waals surface area contributed by atoms with Crippen molar-refractivity contribution in [1.82, 2.24) is 24.3 Å². The number of anilines is 1. The first kappa shape index (κ1) is 20.6. The van der Waals surface area contributed by atoms with Crippen molar-refractivity contribution >= 4 is 17.6 Å². The van der Waals surface area contributed by atoms with Crippen molar-refractivity contribution < 1.29 is 9.53 Å². The van der Waals surface area contributed by atoms with Crippen molar-refractivity contribution in [2.75, 3.05) is 18.4 Å². The maximum absolute atomic E-state index is 12.4. The average Bonchev–Trinajstić information content (AvgIpc) is 3.16. The number of ether oxygens (including phenoxy) is 1. The minimum Gasteiger partial charge on any atom is -0.444 e. The van der Waals surface area contributed by atoms with Crippen molar-refractivity contribution in [2.45, 2.75) is 45.3 Å². The largest absolute Gasteiger partial charge is 0.444 e. The van der Waals surface area contributed by atoms with Gasteiger partial charge in [0.05, 0.1) is 11.8 Å². The Kier molecular flexibility index (Phi) is 5.46. The quantitative estimate of drug-likeness (QED) is 0.692. The van der Waals surface area contributed by atoms with E-state index in [0.29, 0.717) is 36.0 Å². The molecule has 1 fully saturated rings. The summed E-state index contributed by atoms with van der Waals surface area (Å²) in [6.45, 7) is 6.84. The van der Waals surface area contributed by atoms with E-state index in [1.807, 2.05) is 25.2 Å². The van der Waals surface area contributed by atoms with Crippen LogP contribution in [0.25, 0.3) is 17.2 Å². The number of rotatable bonds is 3. The van der Waals surface area contributed by atoms with Crippen LogP contribution in [0.1, 0.15) is 39.2 Å². The van der Waals surface area contributed by atoms with Gasteiger partial charge in [0, 0.05) is 31.5 Å². The second-order valence-electron chi connectivity index (χ2n) is 8.58.